The summed E-state index contributed by atoms with van der Waals surface area (Å²) >= 11 is 0. The fourth-order valence-electron chi connectivity index (χ4n) is 4.41. The molecule has 2 aromatic carbocycles. The van der Waals surface area contributed by atoms with E-state index < -0.39 is 11.9 Å². The lowest BCUT2D eigenvalue weighted by Gasteiger charge is -2.19. The molecule has 0 spiro atoms. The summed E-state index contributed by atoms with van der Waals surface area (Å²) in [4.78, 5) is 38.4. The van der Waals surface area contributed by atoms with E-state index in [2.05, 4.69) is 41.2 Å². The third-order valence-electron chi connectivity index (χ3n) is 6.39. The van der Waals surface area contributed by atoms with Crippen LogP contribution in [0.3, 0.4) is 0 Å². The highest BCUT2D eigenvalue weighted by atomic mass is 16.6. The zero-order chi connectivity index (χ0) is 26.9. The lowest BCUT2D eigenvalue weighted by atomic mass is 9.85. The molecule has 0 aliphatic rings. The van der Waals surface area contributed by atoms with Gasteiger partial charge in [0.2, 0.25) is 0 Å². The van der Waals surface area contributed by atoms with Gasteiger partial charge in [-0.15, -0.1) is 0 Å². The molecule has 0 amide bonds. The minimum absolute atomic E-state index is 0.0317. The second-order valence-corrected chi connectivity index (χ2v) is 10.0. The number of hydrogen-bond donors (Lipinski definition) is 4. The van der Waals surface area contributed by atoms with E-state index in [1.165, 1.54) is 0 Å². The fourth-order valence-corrected chi connectivity index (χ4v) is 4.41. The number of benzene rings is 2. The number of aromatic amines is 4. The number of H-pyrrole nitrogens is 4. The van der Waals surface area contributed by atoms with Crippen molar-refractivity contribution >= 4 is 5.97 Å². The van der Waals surface area contributed by atoms with E-state index in [4.69, 9.17) is 9.47 Å². The van der Waals surface area contributed by atoms with Crippen molar-refractivity contribution in [2.24, 2.45) is 0 Å². The second kappa shape index (κ2) is 10.0. The van der Waals surface area contributed by atoms with Crippen molar-refractivity contribution in [2.75, 3.05) is 6.61 Å². The van der Waals surface area contributed by atoms with Gasteiger partial charge in [0.1, 0.15) is 0 Å². The summed E-state index contributed by atoms with van der Waals surface area (Å²) in [5, 5.41) is 10.9. The van der Waals surface area contributed by atoms with Crippen LogP contribution in [0.25, 0.3) is 0 Å². The van der Waals surface area contributed by atoms with E-state index in [1.54, 1.807) is 44.2 Å². The highest BCUT2D eigenvalue weighted by Gasteiger charge is 2.29. The molecule has 0 bridgehead atoms. The van der Waals surface area contributed by atoms with Crippen LogP contribution >= 0.6 is 0 Å². The molecule has 0 aliphatic carbocycles. The highest BCUT2D eigenvalue weighted by Crippen LogP contribution is 2.37. The Balaban J connectivity index is 1.74. The van der Waals surface area contributed by atoms with Gasteiger partial charge >= 0.3 is 5.97 Å². The molecule has 4 aromatic rings. The van der Waals surface area contributed by atoms with E-state index >= 15 is 0 Å². The second-order valence-electron chi connectivity index (χ2n) is 10.0. The topological polar surface area (TPSA) is 133 Å². The number of hydrogen-bond acceptors (Lipinski definition) is 5. The summed E-state index contributed by atoms with van der Waals surface area (Å²) in [5.41, 5.74) is 3.54. The summed E-state index contributed by atoms with van der Waals surface area (Å²) < 4.78 is 11.5. The predicted octanol–water partition coefficient (Wildman–Crippen LogP) is 4.43. The molecule has 9 nitrogen and oxygen atoms in total. The molecule has 37 heavy (non-hydrogen) atoms. The Morgan fingerprint density at radius 1 is 0.838 bits per heavy atom. The van der Waals surface area contributed by atoms with E-state index in [0.717, 1.165) is 5.56 Å². The number of rotatable bonds is 7. The maximum atomic E-state index is 12.9. The van der Waals surface area contributed by atoms with Crippen LogP contribution in [-0.4, -0.2) is 33.0 Å². The summed E-state index contributed by atoms with van der Waals surface area (Å²) in [6, 6.07) is 12.4. The van der Waals surface area contributed by atoms with Gasteiger partial charge in [-0.3, -0.25) is 19.8 Å². The van der Waals surface area contributed by atoms with Crippen LogP contribution in [0.15, 0.2) is 52.1 Å². The molecule has 9 heteroatoms. The van der Waals surface area contributed by atoms with Gasteiger partial charge in [-0.25, -0.2) is 4.79 Å². The quantitative estimate of drug-likeness (QED) is 0.218. The minimum Gasteiger partial charge on any atom is -0.490 e. The Bertz CT molecular complexity index is 1480. The van der Waals surface area contributed by atoms with Crippen LogP contribution in [0.1, 0.15) is 77.6 Å². The van der Waals surface area contributed by atoms with Crippen LogP contribution in [0, 0.1) is 13.8 Å². The summed E-state index contributed by atoms with van der Waals surface area (Å²) in [6.45, 7) is 12.0. The van der Waals surface area contributed by atoms with Crippen LogP contribution < -0.4 is 20.6 Å². The van der Waals surface area contributed by atoms with Crippen molar-refractivity contribution < 1.29 is 14.3 Å². The first-order chi connectivity index (χ1) is 17.5. The third kappa shape index (κ3) is 5.16. The van der Waals surface area contributed by atoms with Gasteiger partial charge in [0.25, 0.3) is 11.1 Å². The number of aromatic nitrogens is 4. The first-order valence-corrected chi connectivity index (χ1v) is 12.1. The average Bonchev–Trinajstić information content (AvgIpc) is 3.36. The van der Waals surface area contributed by atoms with Crippen molar-refractivity contribution in [3.8, 4) is 11.5 Å². The predicted molar refractivity (Wildman–Crippen MR) is 141 cm³/mol. The standard InChI is InChI=1S/C28H32N4O5/c1-7-36-21-14-18(24(22-15(2)29-31-25(22)33)23-16(3)30-32-26(23)34)10-13-20(21)37-27(35)17-8-11-19(12-9-17)28(4,5)6/h8-14,24H,7H2,1-6H3,(H2,29,31,33)(H2,30,32,34). The van der Waals surface area contributed by atoms with Crippen LogP contribution in [0.4, 0.5) is 0 Å². The molecule has 194 valence electrons. The monoisotopic (exact) mass is 504 g/mol. The summed E-state index contributed by atoms with van der Waals surface area (Å²) in [6.07, 6.45) is 0. The number of aryl methyl sites for hydroxylation is 2. The lowest BCUT2D eigenvalue weighted by Crippen LogP contribution is -2.20. The van der Waals surface area contributed by atoms with Gasteiger partial charge < -0.3 is 19.7 Å². The maximum Gasteiger partial charge on any atom is 0.343 e. The first-order valence-electron chi connectivity index (χ1n) is 12.1. The van der Waals surface area contributed by atoms with Crippen LogP contribution in [-0.2, 0) is 5.41 Å². The van der Waals surface area contributed by atoms with Gasteiger partial charge in [-0.05, 0) is 61.6 Å². The molecular weight excluding hydrogens is 472 g/mol. The van der Waals surface area contributed by atoms with E-state index in [0.29, 0.717) is 46.0 Å². The molecule has 0 unspecified atom stereocenters. The SMILES string of the molecule is CCOc1cc(C(c2c(C)[nH][nH]c2=O)c2c(C)[nH][nH]c2=O)ccc1OC(=O)c1ccc(C(C)(C)C)cc1. The molecule has 4 N–H and O–H groups in total. The van der Waals surface area contributed by atoms with E-state index in [-0.39, 0.29) is 22.3 Å². The Morgan fingerprint density at radius 3 is 1.86 bits per heavy atom. The summed E-state index contributed by atoms with van der Waals surface area (Å²) in [5.74, 6) is -0.618. The zero-order valence-electron chi connectivity index (χ0n) is 21.9. The Labute approximate surface area is 214 Å². The van der Waals surface area contributed by atoms with Crippen molar-refractivity contribution in [1.29, 1.82) is 0 Å². The van der Waals surface area contributed by atoms with Gasteiger partial charge in [-0.2, -0.15) is 0 Å². The van der Waals surface area contributed by atoms with Crippen molar-refractivity contribution in [1.82, 2.24) is 20.4 Å². The molecular formula is C28H32N4O5. The number of carbonyl (C=O) groups excluding carboxylic acids is 1. The molecule has 0 saturated carbocycles. The zero-order valence-corrected chi connectivity index (χ0v) is 21.9. The first kappa shape index (κ1) is 25.8. The van der Waals surface area contributed by atoms with Crippen molar-refractivity contribution in [2.45, 2.75) is 52.9 Å². The van der Waals surface area contributed by atoms with Gasteiger partial charge in [0, 0.05) is 17.3 Å². The third-order valence-corrected chi connectivity index (χ3v) is 6.39. The largest absolute Gasteiger partial charge is 0.490 e. The number of nitrogens with one attached hydrogen (secondary N) is 4. The van der Waals surface area contributed by atoms with E-state index in [1.807, 2.05) is 19.1 Å². The van der Waals surface area contributed by atoms with Gasteiger partial charge in [0.15, 0.2) is 11.5 Å². The van der Waals surface area contributed by atoms with Gasteiger partial charge in [0.05, 0.1) is 23.3 Å². The molecule has 2 aromatic heterocycles. The Hall–Kier alpha value is -4.27. The molecule has 0 saturated heterocycles. The van der Waals surface area contributed by atoms with Crippen molar-refractivity contribution in [3.63, 3.8) is 0 Å². The molecule has 0 atom stereocenters. The number of esters is 1. The summed E-state index contributed by atoms with van der Waals surface area (Å²) in [7, 11) is 0. The van der Waals surface area contributed by atoms with Crippen molar-refractivity contribution in [3.05, 3.63) is 102 Å². The minimum atomic E-state index is -0.682. The average molecular weight is 505 g/mol. The number of carbonyl (C=O) groups is 1. The molecule has 0 fully saturated rings. The van der Waals surface area contributed by atoms with Crippen LogP contribution in [0.5, 0.6) is 11.5 Å². The molecule has 0 radical (unpaired) electrons. The highest BCUT2D eigenvalue weighted by molar-refractivity contribution is 5.91. The lowest BCUT2D eigenvalue weighted by molar-refractivity contribution is 0.0728. The smallest absolute Gasteiger partial charge is 0.343 e. The normalized spacial score (nSPS) is 11.6. The Morgan fingerprint density at radius 2 is 1.41 bits per heavy atom. The Kier molecular flexibility index (Phi) is 6.98. The molecule has 4 rings (SSSR count). The molecule has 2 heterocycles. The van der Waals surface area contributed by atoms with E-state index in [9.17, 15) is 14.4 Å². The fraction of sp³-hybridized carbons (Fsp3) is 0.321. The number of ether oxygens (including phenoxy) is 2. The van der Waals surface area contributed by atoms with Gasteiger partial charge in [-0.1, -0.05) is 39.0 Å². The maximum absolute atomic E-state index is 12.9. The van der Waals surface area contributed by atoms with Crippen LogP contribution in [0.2, 0.25) is 0 Å². The molecule has 0 aliphatic heterocycles.